The largest absolute Gasteiger partial charge is 0.323 e. The summed E-state index contributed by atoms with van der Waals surface area (Å²) in [5.74, 6) is -0.223. The molecule has 32 heavy (non-hydrogen) atoms. The van der Waals surface area contributed by atoms with Gasteiger partial charge in [-0.2, -0.15) is 0 Å². The molecule has 1 amide bonds. The highest BCUT2D eigenvalue weighted by Gasteiger charge is 2.19. The lowest BCUT2D eigenvalue weighted by Gasteiger charge is -2.18. The smallest absolute Gasteiger partial charge is 0.269 e. The molecule has 5 rings (SSSR count). The highest BCUT2D eigenvalue weighted by atomic mass is 32.1. The zero-order valence-corrected chi connectivity index (χ0v) is 18.3. The molecule has 3 aromatic carbocycles. The number of nitrogens with one attached hydrogen (secondary N) is 1. The van der Waals surface area contributed by atoms with Gasteiger partial charge in [0.25, 0.3) is 5.91 Å². The molecule has 0 saturated heterocycles. The Balaban J connectivity index is 1.46. The van der Waals surface area contributed by atoms with Gasteiger partial charge in [0.2, 0.25) is 0 Å². The molecule has 0 bridgehead atoms. The van der Waals surface area contributed by atoms with Gasteiger partial charge >= 0.3 is 0 Å². The molecule has 2 heterocycles. The summed E-state index contributed by atoms with van der Waals surface area (Å²) in [7, 11) is 0. The van der Waals surface area contributed by atoms with Gasteiger partial charge in [-0.05, 0) is 41.7 Å². The first-order chi connectivity index (χ1) is 15.7. The molecule has 0 spiro atoms. The van der Waals surface area contributed by atoms with Gasteiger partial charge in [0.15, 0.2) is 0 Å². The lowest BCUT2D eigenvalue weighted by molar-refractivity contribution is 0.103. The fraction of sp³-hybridized carbons (Fsp3) is 0.120. The fourth-order valence-electron chi connectivity index (χ4n) is 3.93. The van der Waals surface area contributed by atoms with Crippen molar-refractivity contribution in [1.29, 1.82) is 0 Å². The van der Waals surface area contributed by atoms with Gasteiger partial charge in [-0.15, -0.1) is 5.10 Å². The minimum absolute atomic E-state index is 0.169. The van der Waals surface area contributed by atoms with Crippen molar-refractivity contribution in [1.82, 2.24) is 19.1 Å². The van der Waals surface area contributed by atoms with Crippen LogP contribution in [0.5, 0.6) is 0 Å². The van der Waals surface area contributed by atoms with Gasteiger partial charge in [-0.3, -0.25) is 4.79 Å². The third-order valence-corrected chi connectivity index (χ3v) is 6.21. The predicted molar refractivity (Wildman–Crippen MR) is 128 cm³/mol. The number of benzene rings is 3. The summed E-state index contributed by atoms with van der Waals surface area (Å²) in [5.41, 5.74) is 5.26. The molecule has 0 saturated carbocycles. The van der Waals surface area contributed by atoms with Crippen molar-refractivity contribution in [2.24, 2.45) is 0 Å². The third kappa shape index (κ3) is 3.78. The van der Waals surface area contributed by atoms with Crippen LogP contribution in [0.1, 0.15) is 34.6 Å². The van der Waals surface area contributed by atoms with Crippen molar-refractivity contribution in [2.45, 2.75) is 19.4 Å². The molecule has 5 aromatic rings. The van der Waals surface area contributed by atoms with E-state index in [0.717, 1.165) is 34.6 Å². The first-order valence-electron chi connectivity index (χ1n) is 10.4. The standard InChI is InChI=1S/C25H21N5OS/c1-2-21(17-9-5-3-6-10-17)30-16-26-20-14-13-19(15-22(20)30)27-25(31)24-23(28-29-32-24)18-11-7-4-8-12-18/h3-16,21H,2H2,1H3,(H,27,31). The lowest BCUT2D eigenvalue weighted by atomic mass is 10.0. The summed E-state index contributed by atoms with van der Waals surface area (Å²) in [6.45, 7) is 2.16. The van der Waals surface area contributed by atoms with E-state index >= 15 is 0 Å². The molecule has 0 radical (unpaired) electrons. The second-order valence-electron chi connectivity index (χ2n) is 7.46. The first-order valence-corrected chi connectivity index (χ1v) is 11.2. The van der Waals surface area contributed by atoms with Crippen molar-refractivity contribution in [3.63, 3.8) is 0 Å². The molecule has 0 aliphatic rings. The molecule has 0 aliphatic heterocycles. The molecule has 0 fully saturated rings. The van der Waals surface area contributed by atoms with Crippen LogP contribution < -0.4 is 5.32 Å². The van der Waals surface area contributed by atoms with E-state index in [1.807, 2.05) is 60.9 Å². The second kappa shape index (κ2) is 8.72. The zero-order chi connectivity index (χ0) is 21.9. The van der Waals surface area contributed by atoms with Gasteiger partial charge in [0.05, 0.1) is 23.4 Å². The van der Waals surface area contributed by atoms with Crippen LogP contribution in [-0.2, 0) is 0 Å². The summed E-state index contributed by atoms with van der Waals surface area (Å²) in [6, 6.07) is 26.0. The third-order valence-electron chi connectivity index (χ3n) is 5.48. The van der Waals surface area contributed by atoms with Crippen LogP contribution in [0.2, 0.25) is 0 Å². The van der Waals surface area contributed by atoms with Gasteiger partial charge in [0.1, 0.15) is 10.6 Å². The number of nitrogens with zero attached hydrogens (tertiary/aromatic N) is 4. The molecule has 6 nitrogen and oxygen atoms in total. The number of amides is 1. The van der Waals surface area contributed by atoms with Gasteiger partial charge in [-0.1, -0.05) is 72.1 Å². The maximum absolute atomic E-state index is 13.0. The van der Waals surface area contributed by atoms with Crippen molar-refractivity contribution < 1.29 is 4.79 Å². The normalized spacial score (nSPS) is 12.0. The monoisotopic (exact) mass is 439 g/mol. The van der Waals surface area contributed by atoms with Crippen LogP contribution in [0.15, 0.2) is 85.2 Å². The van der Waals surface area contributed by atoms with Crippen molar-refractivity contribution in [3.05, 3.63) is 95.6 Å². The number of hydrogen-bond acceptors (Lipinski definition) is 5. The summed E-state index contributed by atoms with van der Waals surface area (Å²) in [5, 5.41) is 7.18. The number of carbonyl (C=O) groups is 1. The Bertz CT molecular complexity index is 1360. The van der Waals surface area contributed by atoms with Gasteiger partial charge < -0.3 is 9.88 Å². The Hall–Kier alpha value is -3.84. The van der Waals surface area contributed by atoms with Crippen LogP contribution in [0.3, 0.4) is 0 Å². The van der Waals surface area contributed by atoms with Crippen molar-refractivity contribution in [3.8, 4) is 11.3 Å². The Morgan fingerprint density at radius 1 is 1.03 bits per heavy atom. The molecule has 2 aromatic heterocycles. The number of fused-ring (bicyclic) bond motifs is 1. The van der Waals surface area contributed by atoms with E-state index in [4.69, 9.17) is 0 Å². The van der Waals surface area contributed by atoms with Crippen molar-refractivity contribution in [2.75, 3.05) is 5.32 Å². The first kappa shape index (κ1) is 20.1. The minimum atomic E-state index is -0.223. The number of imidazole rings is 1. The Labute approximate surface area is 189 Å². The maximum atomic E-state index is 13.0. The maximum Gasteiger partial charge on any atom is 0.269 e. The van der Waals surface area contributed by atoms with E-state index in [9.17, 15) is 4.79 Å². The van der Waals surface area contributed by atoms with E-state index in [1.54, 1.807) is 0 Å². The molecule has 7 heteroatoms. The predicted octanol–water partition coefficient (Wildman–Crippen LogP) is 5.81. The quantitative estimate of drug-likeness (QED) is 0.363. The molecule has 1 atom stereocenters. The van der Waals surface area contributed by atoms with E-state index in [1.165, 1.54) is 5.56 Å². The van der Waals surface area contributed by atoms with E-state index in [-0.39, 0.29) is 11.9 Å². The van der Waals surface area contributed by atoms with Crippen LogP contribution in [0.4, 0.5) is 5.69 Å². The summed E-state index contributed by atoms with van der Waals surface area (Å²) in [4.78, 5) is 18.1. The average molecular weight is 440 g/mol. The number of hydrogen-bond donors (Lipinski definition) is 1. The molecule has 158 valence electrons. The SMILES string of the molecule is CCC(c1ccccc1)n1cnc2ccc(NC(=O)c3snnc3-c3ccccc3)cc21. The fourth-order valence-corrected chi connectivity index (χ4v) is 4.52. The summed E-state index contributed by atoms with van der Waals surface area (Å²) < 4.78 is 6.17. The number of rotatable bonds is 6. The highest BCUT2D eigenvalue weighted by Crippen LogP contribution is 2.29. The highest BCUT2D eigenvalue weighted by molar-refractivity contribution is 7.08. The number of aromatic nitrogens is 4. The van der Waals surface area contributed by atoms with Crippen LogP contribution >= 0.6 is 11.5 Å². The molecule has 0 aliphatic carbocycles. The van der Waals surface area contributed by atoms with Crippen LogP contribution in [0.25, 0.3) is 22.3 Å². The van der Waals surface area contributed by atoms with E-state index < -0.39 is 0 Å². The zero-order valence-electron chi connectivity index (χ0n) is 17.5. The van der Waals surface area contributed by atoms with Gasteiger partial charge in [0, 0.05) is 11.3 Å². The molecular formula is C25H21N5OS. The molecular weight excluding hydrogens is 418 g/mol. The number of carbonyl (C=O) groups excluding carboxylic acids is 1. The van der Waals surface area contributed by atoms with Crippen LogP contribution in [0, 0.1) is 0 Å². The Kier molecular flexibility index (Phi) is 5.47. The summed E-state index contributed by atoms with van der Waals surface area (Å²) in [6.07, 6.45) is 2.80. The molecule has 1 N–H and O–H groups in total. The summed E-state index contributed by atoms with van der Waals surface area (Å²) >= 11 is 1.10. The average Bonchev–Trinajstić information content (AvgIpc) is 3.49. The Morgan fingerprint density at radius 3 is 2.53 bits per heavy atom. The van der Waals surface area contributed by atoms with Crippen LogP contribution in [-0.4, -0.2) is 25.0 Å². The molecule has 1 unspecified atom stereocenters. The van der Waals surface area contributed by atoms with Gasteiger partial charge in [-0.25, -0.2) is 4.98 Å². The Morgan fingerprint density at radius 2 is 1.78 bits per heavy atom. The van der Waals surface area contributed by atoms with Crippen molar-refractivity contribution >= 4 is 34.2 Å². The second-order valence-corrected chi connectivity index (χ2v) is 8.22. The van der Waals surface area contributed by atoms with E-state index in [0.29, 0.717) is 16.3 Å². The minimum Gasteiger partial charge on any atom is -0.323 e. The lowest BCUT2D eigenvalue weighted by Crippen LogP contribution is -2.12. The topological polar surface area (TPSA) is 72.7 Å². The van der Waals surface area contributed by atoms with E-state index in [2.05, 4.69) is 55.6 Å². The number of anilines is 1.